The third-order valence-corrected chi connectivity index (χ3v) is 9.04. The van der Waals surface area contributed by atoms with Gasteiger partial charge in [-0.15, -0.1) is 0 Å². The molecule has 5 rings (SSSR count). The van der Waals surface area contributed by atoms with Gasteiger partial charge >= 0.3 is 0 Å². The molecular weight excluding hydrogens is 318 g/mol. The van der Waals surface area contributed by atoms with E-state index in [-0.39, 0.29) is 0 Å². The molecule has 2 nitrogen and oxygen atoms in total. The molecule has 0 amide bonds. The van der Waals surface area contributed by atoms with Gasteiger partial charge in [-0.2, -0.15) is 0 Å². The normalized spacial score (nSPS) is 44.7. The highest BCUT2D eigenvalue weighted by atomic mass is 16.1. The van der Waals surface area contributed by atoms with Gasteiger partial charge in [-0.3, -0.25) is 9.78 Å². The van der Waals surface area contributed by atoms with Crippen molar-refractivity contribution in [1.82, 2.24) is 4.98 Å². The van der Waals surface area contributed by atoms with Gasteiger partial charge in [-0.1, -0.05) is 26.0 Å². The molecule has 0 saturated heterocycles. The van der Waals surface area contributed by atoms with E-state index in [2.05, 4.69) is 43.2 Å². The molecule has 138 valence electrons. The van der Waals surface area contributed by atoms with Crippen molar-refractivity contribution < 1.29 is 4.79 Å². The van der Waals surface area contributed by atoms with E-state index in [1.54, 1.807) is 5.57 Å². The molecule has 6 atom stereocenters. The summed E-state index contributed by atoms with van der Waals surface area (Å²) in [7, 11) is 0. The van der Waals surface area contributed by atoms with Gasteiger partial charge in [0.25, 0.3) is 0 Å². The monoisotopic (exact) mass is 349 g/mol. The van der Waals surface area contributed by atoms with Crippen molar-refractivity contribution >= 4 is 11.4 Å². The number of hydrogen-bond acceptors (Lipinski definition) is 2. The fraction of sp³-hybridized carbons (Fsp3) is 0.667. The highest BCUT2D eigenvalue weighted by Gasteiger charge is 2.58. The molecule has 0 spiro atoms. The van der Waals surface area contributed by atoms with Crippen LogP contribution in [0.5, 0.6) is 0 Å². The van der Waals surface area contributed by atoms with Crippen molar-refractivity contribution in [3.05, 3.63) is 36.2 Å². The fourth-order valence-corrected chi connectivity index (χ4v) is 7.58. The van der Waals surface area contributed by atoms with Gasteiger partial charge in [0, 0.05) is 25.2 Å². The number of aromatic nitrogens is 1. The van der Waals surface area contributed by atoms with Crippen molar-refractivity contribution in [2.24, 2.45) is 34.5 Å². The van der Waals surface area contributed by atoms with Crippen LogP contribution in [0.15, 0.2) is 30.6 Å². The predicted molar refractivity (Wildman–Crippen MR) is 104 cm³/mol. The van der Waals surface area contributed by atoms with Gasteiger partial charge in [0.05, 0.1) is 0 Å². The Bertz CT molecular complexity index is 753. The quantitative estimate of drug-likeness (QED) is 0.652. The average molecular weight is 350 g/mol. The van der Waals surface area contributed by atoms with Crippen LogP contribution in [0.4, 0.5) is 0 Å². The SMILES string of the molecule is C[C@]12CCC(=O)C[C@H]1CC[C@@H]1[C@@H]2CC[C@]2(C)C(c3cccnc3)=CC[C@@H]12. The average Bonchev–Trinajstić information content (AvgIpc) is 3.00. The number of allylic oxidation sites excluding steroid dienone is 2. The first-order chi connectivity index (χ1) is 12.5. The van der Waals surface area contributed by atoms with Crippen LogP contribution in [0.1, 0.15) is 70.8 Å². The Morgan fingerprint density at radius 3 is 2.81 bits per heavy atom. The molecule has 1 aromatic rings. The first-order valence-electron chi connectivity index (χ1n) is 10.6. The van der Waals surface area contributed by atoms with E-state index in [0.29, 0.717) is 22.5 Å². The zero-order valence-corrected chi connectivity index (χ0v) is 16.2. The Hall–Kier alpha value is -1.44. The Balaban J connectivity index is 1.45. The van der Waals surface area contributed by atoms with Crippen LogP contribution in [0.25, 0.3) is 5.57 Å². The first-order valence-corrected chi connectivity index (χ1v) is 10.6. The second kappa shape index (κ2) is 5.78. The van der Waals surface area contributed by atoms with E-state index in [9.17, 15) is 4.79 Å². The minimum Gasteiger partial charge on any atom is -0.300 e. The topological polar surface area (TPSA) is 30.0 Å². The van der Waals surface area contributed by atoms with Crippen LogP contribution in [-0.4, -0.2) is 10.8 Å². The maximum Gasteiger partial charge on any atom is 0.133 e. The van der Waals surface area contributed by atoms with Crippen LogP contribution in [-0.2, 0) is 4.79 Å². The first kappa shape index (κ1) is 16.7. The summed E-state index contributed by atoms with van der Waals surface area (Å²) in [6.45, 7) is 5.06. The molecule has 0 unspecified atom stereocenters. The number of nitrogens with zero attached hydrogens (tertiary/aromatic N) is 1. The van der Waals surface area contributed by atoms with Crippen molar-refractivity contribution in [2.45, 2.75) is 65.2 Å². The third kappa shape index (κ3) is 2.23. The molecule has 4 aliphatic rings. The van der Waals surface area contributed by atoms with E-state index < -0.39 is 0 Å². The van der Waals surface area contributed by atoms with E-state index in [4.69, 9.17) is 0 Å². The highest BCUT2D eigenvalue weighted by molar-refractivity contribution is 5.79. The predicted octanol–water partition coefficient (Wildman–Crippen LogP) is 5.69. The number of carbonyl (C=O) groups is 1. The van der Waals surface area contributed by atoms with E-state index in [0.717, 1.165) is 37.0 Å². The maximum atomic E-state index is 12.0. The summed E-state index contributed by atoms with van der Waals surface area (Å²) in [6.07, 6.45) is 15.8. The summed E-state index contributed by atoms with van der Waals surface area (Å²) in [6, 6.07) is 4.31. The van der Waals surface area contributed by atoms with Gasteiger partial charge in [0.2, 0.25) is 0 Å². The maximum absolute atomic E-state index is 12.0. The second-order valence-corrected chi connectivity index (χ2v) is 9.95. The molecule has 1 heterocycles. The van der Waals surface area contributed by atoms with Gasteiger partial charge < -0.3 is 0 Å². The summed E-state index contributed by atoms with van der Waals surface area (Å²) >= 11 is 0. The van der Waals surface area contributed by atoms with Crippen LogP contribution >= 0.6 is 0 Å². The Morgan fingerprint density at radius 1 is 1.12 bits per heavy atom. The Morgan fingerprint density at radius 2 is 2.00 bits per heavy atom. The number of ketones is 1. The number of rotatable bonds is 1. The molecule has 3 saturated carbocycles. The lowest BCUT2D eigenvalue weighted by Gasteiger charge is -2.60. The second-order valence-electron chi connectivity index (χ2n) is 9.95. The summed E-state index contributed by atoms with van der Waals surface area (Å²) < 4.78 is 0. The van der Waals surface area contributed by atoms with Gasteiger partial charge in [-0.25, -0.2) is 0 Å². The molecule has 0 bridgehead atoms. The molecular formula is C24H31NO. The minimum absolute atomic E-state index is 0.317. The summed E-state index contributed by atoms with van der Waals surface area (Å²) in [5.41, 5.74) is 3.62. The number of pyridine rings is 1. The lowest BCUT2D eigenvalue weighted by Crippen LogP contribution is -2.53. The van der Waals surface area contributed by atoms with Crippen LogP contribution in [0, 0.1) is 34.5 Å². The highest BCUT2D eigenvalue weighted by Crippen LogP contribution is 2.67. The van der Waals surface area contributed by atoms with Crippen LogP contribution < -0.4 is 0 Å². The molecule has 0 N–H and O–H groups in total. The van der Waals surface area contributed by atoms with E-state index in [1.165, 1.54) is 37.7 Å². The van der Waals surface area contributed by atoms with E-state index in [1.807, 2.05) is 6.20 Å². The third-order valence-electron chi connectivity index (χ3n) is 9.04. The number of hydrogen-bond donors (Lipinski definition) is 0. The molecule has 2 heteroatoms. The molecule has 0 aliphatic heterocycles. The van der Waals surface area contributed by atoms with Crippen LogP contribution in [0.3, 0.4) is 0 Å². The smallest absolute Gasteiger partial charge is 0.133 e. The molecule has 1 aromatic heterocycles. The lowest BCUT2D eigenvalue weighted by molar-refractivity contribution is -0.136. The fourth-order valence-electron chi connectivity index (χ4n) is 7.58. The standard InChI is InChI=1S/C24H31NO/c1-23-11-9-18(26)14-17(23)5-6-19-21-8-7-20(16-4-3-13-25-15-16)24(21,2)12-10-22(19)23/h3-4,7,13,15,17,19,21-22H,5-6,8-12,14H2,1-2H3/t17-,19+,21+,22+,23+,24-/m1/s1. The number of carbonyl (C=O) groups excluding carboxylic acids is 1. The largest absolute Gasteiger partial charge is 0.300 e. The van der Waals surface area contributed by atoms with Gasteiger partial charge in [0.15, 0.2) is 0 Å². The Kier molecular flexibility index (Phi) is 3.71. The number of fused-ring (bicyclic) bond motifs is 5. The molecule has 0 aromatic carbocycles. The summed E-state index contributed by atoms with van der Waals surface area (Å²) in [5, 5.41) is 0. The minimum atomic E-state index is 0.317. The Labute approximate surface area is 157 Å². The molecule has 26 heavy (non-hydrogen) atoms. The zero-order chi connectivity index (χ0) is 17.9. The van der Waals surface area contributed by atoms with Gasteiger partial charge in [-0.05, 0) is 90.2 Å². The lowest BCUT2D eigenvalue weighted by atomic mass is 9.44. The van der Waals surface area contributed by atoms with Crippen molar-refractivity contribution in [3.63, 3.8) is 0 Å². The summed E-state index contributed by atoms with van der Waals surface area (Å²) in [5.74, 6) is 3.63. The van der Waals surface area contributed by atoms with Crippen molar-refractivity contribution in [3.8, 4) is 0 Å². The van der Waals surface area contributed by atoms with E-state index >= 15 is 0 Å². The molecule has 0 radical (unpaired) electrons. The zero-order valence-electron chi connectivity index (χ0n) is 16.2. The van der Waals surface area contributed by atoms with Crippen molar-refractivity contribution in [2.75, 3.05) is 0 Å². The number of Topliss-reactive ketones (excluding diaryl/α,β-unsaturated/α-hetero) is 1. The van der Waals surface area contributed by atoms with Gasteiger partial charge in [0.1, 0.15) is 5.78 Å². The molecule has 4 aliphatic carbocycles. The summed E-state index contributed by atoms with van der Waals surface area (Å²) in [4.78, 5) is 16.4. The molecule has 3 fully saturated rings. The van der Waals surface area contributed by atoms with Crippen LogP contribution in [0.2, 0.25) is 0 Å². The van der Waals surface area contributed by atoms with Crippen molar-refractivity contribution in [1.29, 1.82) is 0 Å².